The van der Waals surface area contributed by atoms with E-state index in [0.29, 0.717) is 31.9 Å². The highest BCUT2D eigenvalue weighted by molar-refractivity contribution is 5.81. The first-order chi connectivity index (χ1) is 8.19. The summed E-state index contributed by atoms with van der Waals surface area (Å²) in [5.74, 6) is -0.372. The number of carboxylic acid groups (broad SMARTS) is 1. The second-order valence-corrected chi connectivity index (χ2v) is 4.09. The van der Waals surface area contributed by atoms with Crippen molar-refractivity contribution in [2.24, 2.45) is 0 Å². The van der Waals surface area contributed by atoms with Crippen LogP contribution in [0.4, 0.5) is 0 Å². The molecule has 1 aliphatic heterocycles. The van der Waals surface area contributed by atoms with E-state index >= 15 is 0 Å². The quantitative estimate of drug-likeness (QED) is 0.856. The van der Waals surface area contributed by atoms with Crippen molar-refractivity contribution < 1.29 is 19.4 Å². The maximum absolute atomic E-state index is 11.6. The van der Waals surface area contributed by atoms with E-state index in [1.165, 1.54) is 7.11 Å². The fourth-order valence-corrected chi connectivity index (χ4v) is 2.16. The van der Waals surface area contributed by atoms with Crippen molar-refractivity contribution in [3.05, 3.63) is 23.9 Å². The molecule has 5 heteroatoms. The smallest absolute Gasteiger partial charge is 0.314 e. The number of aromatic nitrogens is 1. The highest BCUT2D eigenvalue weighted by Gasteiger charge is 2.42. The third-order valence-corrected chi connectivity index (χ3v) is 3.25. The van der Waals surface area contributed by atoms with Gasteiger partial charge in [-0.2, -0.15) is 0 Å². The molecule has 1 N–H and O–H groups in total. The molecule has 1 aromatic rings. The van der Waals surface area contributed by atoms with Gasteiger partial charge in [-0.05, 0) is 24.5 Å². The molecule has 0 aromatic carbocycles. The maximum Gasteiger partial charge on any atom is 0.314 e. The van der Waals surface area contributed by atoms with E-state index < -0.39 is 11.4 Å². The van der Waals surface area contributed by atoms with Gasteiger partial charge in [0.25, 0.3) is 0 Å². The van der Waals surface area contributed by atoms with Crippen molar-refractivity contribution in [1.82, 2.24) is 4.98 Å². The standard InChI is InChI=1S/C12H15NO4/c1-16-10-8-9(2-5-13-10)12(11(14)15)3-6-17-7-4-12/h2,5,8H,3-4,6-7H2,1H3,(H,14,15). The SMILES string of the molecule is COc1cc(C2(C(=O)O)CCOCC2)ccn1. The van der Waals surface area contributed by atoms with Crippen molar-refractivity contribution in [3.8, 4) is 5.88 Å². The molecule has 5 nitrogen and oxygen atoms in total. The zero-order valence-corrected chi connectivity index (χ0v) is 9.68. The number of carboxylic acids is 1. The lowest BCUT2D eigenvalue weighted by Gasteiger charge is -2.33. The van der Waals surface area contributed by atoms with Gasteiger partial charge in [-0.3, -0.25) is 4.79 Å². The number of carbonyl (C=O) groups is 1. The molecule has 1 aliphatic rings. The molecule has 17 heavy (non-hydrogen) atoms. The van der Waals surface area contributed by atoms with Crippen LogP contribution >= 0.6 is 0 Å². The van der Waals surface area contributed by atoms with Crippen LogP contribution in [-0.2, 0) is 14.9 Å². The second kappa shape index (κ2) is 4.71. The van der Waals surface area contributed by atoms with Crippen molar-refractivity contribution in [2.75, 3.05) is 20.3 Å². The van der Waals surface area contributed by atoms with Gasteiger partial charge in [-0.1, -0.05) is 0 Å². The predicted octanol–water partition coefficient (Wildman–Crippen LogP) is 1.22. The summed E-state index contributed by atoms with van der Waals surface area (Å²) >= 11 is 0. The van der Waals surface area contributed by atoms with E-state index in [1.807, 2.05) is 0 Å². The summed E-state index contributed by atoms with van der Waals surface area (Å²) in [5, 5.41) is 9.49. The van der Waals surface area contributed by atoms with E-state index in [0.717, 1.165) is 5.56 Å². The average molecular weight is 237 g/mol. The first-order valence-electron chi connectivity index (χ1n) is 5.51. The average Bonchev–Trinajstić information content (AvgIpc) is 2.39. The maximum atomic E-state index is 11.6. The van der Waals surface area contributed by atoms with Gasteiger partial charge in [0.15, 0.2) is 0 Å². The van der Waals surface area contributed by atoms with Gasteiger partial charge in [0, 0.05) is 25.5 Å². The monoisotopic (exact) mass is 237 g/mol. The third-order valence-electron chi connectivity index (χ3n) is 3.25. The zero-order valence-electron chi connectivity index (χ0n) is 9.68. The fourth-order valence-electron chi connectivity index (χ4n) is 2.16. The zero-order chi connectivity index (χ0) is 12.3. The van der Waals surface area contributed by atoms with E-state index in [9.17, 15) is 9.90 Å². The second-order valence-electron chi connectivity index (χ2n) is 4.09. The van der Waals surface area contributed by atoms with Gasteiger partial charge < -0.3 is 14.6 Å². The molecule has 0 amide bonds. The number of hydrogen-bond acceptors (Lipinski definition) is 4. The minimum Gasteiger partial charge on any atom is -0.481 e. The Bertz CT molecular complexity index is 413. The van der Waals surface area contributed by atoms with Gasteiger partial charge >= 0.3 is 5.97 Å². The van der Waals surface area contributed by atoms with Crippen LogP contribution in [0, 0.1) is 0 Å². The van der Waals surface area contributed by atoms with Crippen LogP contribution in [0.3, 0.4) is 0 Å². The van der Waals surface area contributed by atoms with Gasteiger partial charge in [0.2, 0.25) is 5.88 Å². The Morgan fingerprint density at radius 3 is 2.82 bits per heavy atom. The fraction of sp³-hybridized carbons (Fsp3) is 0.500. The van der Waals surface area contributed by atoms with Gasteiger partial charge in [-0.25, -0.2) is 4.98 Å². The topological polar surface area (TPSA) is 68.7 Å². The Morgan fingerprint density at radius 2 is 2.24 bits per heavy atom. The number of hydrogen-bond donors (Lipinski definition) is 1. The molecule has 1 fully saturated rings. The number of rotatable bonds is 3. The van der Waals surface area contributed by atoms with Crippen LogP contribution in [0.5, 0.6) is 5.88 Å². The Hall–Kier alpha value is -1.62. The van der Waals surface area contributed by atoms with Crippen LogP contribution in [0.2, 0.25) is 0 Å². The van der Waals surface area contributed by atoms with Crippen molar-refractivity contribution in [3.63, 3.8) is 0 Å². The lowest BCUT2D eigenvalue weighted by atomic mass is 9.74. The number of pyridine rings is 1. The molecule has 0 radical (unpaired) electrons. The Balaban J connectivity index is 2.41. The highest BCUT2D eigenvalue weighted by atomic mass is 16.5. The summed E-state index contributed by atoms with van der Waals surface area (Å²) in [6, 6.07) is 3.43. The lowest BCUT2D eigenvalue weighted by molar-refractivity contribution is -0.147. The minimum absolute atomic E-state index is 0.439. The molecular weight excluding hydrogens is 222 g/mol. The van der Waals surface area contributed by atoms with E-state index in [2.05, 4.69) is 4.98 Å². The van der Waals surface area contributed by atoms with Crippen molar-refractivity contribution in [2.45, 2.75) is 18.3 Å². The number of aliphatic carboxylic acids is 1. The minimum atomic E-state index is -0.867. The summed E-state index contributed by atoms with van der Waals surface area (Å²) in [4.78, 5) is 15.6. The first kappa shape index (κ1) is 11.9. The van der Waals surface area contributed by atoms with Crippen LogP contribution in [-0.4, -0.2) is 36.4 Å². The van der Waals surface area contributed by atoms with E-state index in [-0.39, 0.29) is 0 Å². The molecular formula is C12H15NO4. The number of ether oxygens (including phenoxy) is 2. The number of nitrogens with zero attached hydrogens (tertiary/aromatic N) is 1. The molecule has 0 bridgehead atoms. The molecule has 1 saturated heterocycles. The normalized spacial score (nSPS) is 18.6. The summed E-state index contributed by atoms with van der Waals surface area (Å²) in [6.45, 7) is 0.938. The molecule has 1 aromatic heterocycles. The Labute approximate surface area is 99.4 Å². The first-order valence-corrected chi connectivity index (χ1v) is 5.51. The van der Waals surface area contributed by atoms with Gasteiger partial charge in [0.05, 0.1) is 12.5 Å². The van der Waals surface area contributed by atoms with E-state index in [4.69, 9.17) is 9.47 Å². The summed E-state index contributed by atoms with van der Waals surface area (Å²) in [6.07, 6.45) is 2.54. The van der Waals surface area contributed by atoms with Gasteiger partial charge in [-0.15, -0.1) is 0 Å². The molecule has 2 rings (SSSR count). The predicted molar refractivity (Wildman–Crippen MR) is 60.2 cm³/mol. The molecule has 0 spiro atoms. The molecule has 0 aliphatic carbocycles. The highest BCUT2D eigenvalue weighted by Crippen LogP contribution is 2.35. The third kappa shape index (κ3) is 2.10. The van der Waals surface area contributed by atoms with Crippen LogP contribution in [0.1, 0.15) is 18.4 Å². The van der Waals surface area contributed by atoms with E-state index in [1.54, 1.807) is 18.3 Å². The summed E-state index contributed by atoms with van der Waals surface area (Å²) in [7, 11) is 1.52. The largest absolute Gasteiger partial charge is 0.481 e. The van der Waals surface area contributed by atoms with Crippen LogP contribution in [0.15, 0.2) is 18.3 Å². The number of methoxy groups -OCH3 is 1. The summed E-state index contributed by atoms with van der Waals surface area (Å²) < 4.78 is 10.3. The Kier molecular flexibility index (Phi) is 3.28. The van der Waals surface area contributed by atoms with Crippen LogP contribution in [0.25, 0.3) is 0 Å². The lowest BCUT2D eigenvalue weighted by Crippen LogP contribution is -2.41. The molecule has 92 valence electrons. The Morgan fingerprint density at radius 1 is 1.53 bits per heavy atom. The molecule has 2 heterocycles. The van der Waals surface area contributed by atoms with Crippen molar-refractivity contribution >= 4 is 5.97 Å². The van der Waals surface area contributed by atoms with Crippen LogP contribution < -0.4 is 4.74 Å². The molecule has 0 unspecified atom stereocenters. The van der Waals surface area contributed by atoms with Gasteiger partial charge in [0.1, 0.15) is 0 Å². The molecule has 0 atom stereocenters. The van der Waals surface area contributed by atoms with Crippen molar-refractivity contribution in [1.29, 1.82) is 0 Å². The summed E-state index contributed by atoms with van der Waals surface area (Å²) in [5.41, 5.74) is -0.130. The molecule has 0 saturated carbocycles.